The molecule has 0 amide bonds. The second kappa shape index (κ2) is 11.4. The first-order valence-corrected chi connectivity index (χ1v) is 9.17. The summed E-state index contributed by atoms with van der Waals surface area (Å²) in [5, 5.41) is 6.51. The Kier molecular flexibility index (Phi) is 9.88. The van der Waals surface area contributed by atoms with E-state index in [1.165, 1.54) is 6.07 Å². The molecule has 1 heterocycles. The second-order valence-corrected chi connectivity index (χ2v) is 7.42. The van der Waals surface area contributed by atoms with E-state index in [2.05, 4.69) is 41.4 Å². The number of imidazole rings is 1. The lowest BCUT2D eigenvalue weighted by molar-refractivity contribution is 0.0205. The van der Waals surface area contributed by atoms with E-state index in [0.29, 0.717) is 24.7 Å². The summed E-state index contributed by atoms with van der Waals surface area (Å²) in [6.07, 6.45) is 4.96. The molecule has 1 aromatic heterocycles. The van der Waals surface area contributed by atoms with Gasteiger partial charge in [-0.3, -0.25) is 0 Å². The van der Waals surface area contributed by atoms with Gasteiger partial charge in [-0.2, -0.15) is 0 Å². The summed E-state index contributed by atoms with van der Waals surface area (Å²) >= 11 is 0. The van der Waals surface area contributed by atoms with Crippen molar-refractivity contribution in [3.63, 3.8) is 0 Å². The zero-order valence-electron chi connectivity index (χ0n) is 17.2. The van der Waals surface area contributed by atoms with Crippen LogP contribution in [0.15, 0.2) is 41.9 Å². The van der Waals surface area contributed by atoms with Gasteiger partial charge in [-0.15, -0.1) is 24.0 Å². The summed E-state index contributed by atoms with van der Waals surface area (Å²) < 4.78 is 21.6. The van der Waals surface area contributed by atoms with E-state index in [-0.39, 0.29) is 41.3 Å². The molecule has 0 saturated heterocycles. The average molecular weight is 503 g/mol. The molecule has 1 atom stereocenters. The van der Waals surface area contributed by atoms with Gasteiger partial charge in [-0.25, -0.2) is 14.4 Å². The van der Waals surface area contributed by atoms with Crippen LogP contribution in [0.5, 0.6) is 0 Å². The monoisotopic (exact) mass is 503 g/mol. The number of rotatable bonds is 7. The van der Waals surface area contributed by atoms with E-state index in [0.717, 1.165) is 12.1 Å². The number of nitrogens with one attached hydrogen (secondary N) is 2. The van der Waals surface area contributed by atoms with Crippen LogP contribution in [0.4, 0.5) is 4.39 Å². The Morgan fingerprint density at radius 3 is 2.61 bits per heavy atom. The first-order valence-electron chi connectivity index (χ1n) is 9.17. The number of nitrogens with zero attached hydrogens (tertiary/aromatic N) is 3. The molecule has 2 aromatic rings. The summed E-state index contributed by atoms with van der Waals surface area (Å²) in [5.41, 5.74) is 1.29. The number of aliphatic imine (C=N–C) groups is 1. The third kappa shape index (κ3) is 7.05. The van der Waals surface area contributed by atoms with Crippen LogP contribution in [0.1, 0.15) is 33.3 Å². The van der Waals surface area contributed by atoms with Crippen LogP contribution in [0.3, 0.4) is 0 Å². The molecular weight excluding hydrogens is 472 g/mol. The highest BCUT2D eigenvalue weighted by molar-refractivity contribution is 14.0. The molecule has 0 bridgehead atoms. The van der Waals surface area contributed by atoms with Crippen molar-refractivity contribution >= 4 is 29.9 Å². The van der Waals surface area contributed by atoms with Crippen molar-refractivity contribution in [3.8, 4) is 5.69 Å². The van der Waals surface area contributed by atoms with Crippen molar-refractivity contribution < 1.29 is 9.13 Å². The van der Waals surface area contributed by atoms with Crippen LogP contribution in [0.25, 0.3) is 5.69 Å². The number of aromatic nitrogens is 2. The van der Waals surface area contributed by atoms with Crippen LogP contribution in [0, 0.1) is 11.2 Å². The maximum Gasteiger partial charge on any atom is 0.191 e. The number of ether oxygens (including phenoxy) is 1. The van der Waals surface area contributed by atoms with Gasteiger partial charge in [-0.1, -0.05) is 26.8 Å². The van der Waals surface area contributed by atoms with E-state index < -0.39 is 0 Å². The fraction of sp³-hybridized carbons (Fsp3) is 0.500. The minimum absolute atomic E-state index is 0. The summed E-state index contributed by atoms with van der Waals surface area (Å²) in [7, 11) is 1.71. The van der Waals surface area contributed by atoms with Gasteiger partial charge >= 0.3 is 0 Å². The standard InChI is InChI=1S/C20H30FN5O.HI/c1-6-23-19(25-13-18(27-5)20(2,3)4)24-12-15-7-8-17(16(21)11-15)26-10-9-22-14-26;/h7-11,14,18H,6,12-13H2,1-5H3,(H2,23,24,25);1H. The predicted molar refractivity (Wildman–Crippen MR) is 122 cm³/mol. The third-order valence-corrected chi connectivity index (χ3v) is 4.26. The topological polar surface area (TPSA) is 63.5 Å². The van der Waals surface area contributed by atoms with Crippen LogP contribution in [0.2, 0.25) is 0 Å². The van der Waals surface area contributed by atoms with Gasteiger partial charge < -0.3 is 19.9 Å². The Bertz CT molecular complexity index is 744. The average Bonchev–Trinajstić information content (AvgIpc) is 3.13. The lowest BCUT2D eigenvalue weighted by Crippen LogP contribution is -2.45. The third-order valence-electron chi connectivity index (χ3n) is 4.26. The molecule has 0 aliphatic rings. The largest absolute Gasteiger partial charge is 0.379 e. The van der Waals surface area contributed by atoms with Crippen molar-refractivity contribution in [2.75, 3.05) is 20.2 Å². The Labute approximate surface area is 184 Å². The molecule has 0 aliphatic heterocycles. The first-order chi connectivity index (χ1) is 12.8. The fourth-order valence-corrected chi connectivity index (χ4v) is 2.70. The van der Waals surface area contributed by atoms with Crippen LogP contribution in [-0.4, -0.2) is 41.8 Å². The van der Waals surface area contributed by atoms with Gasteiger partial charge in [0, 0.05) is 32.6 Å². The number of methoxy groups -OCH3 is 1. The molecule has 0 saturated carbocycles. The van der Waals surface area contributed by atoms with Crippen molar-refractivity contribution in [1.29, 1.82) is 0 Å². The van der Waals surface area contributed by atoms with E-state index >= 15 is 0 Å². The quantitative estimate of drug-likeness (QED) is 0.344. The van der Waals surface area contributed by atoms with Crippen molar-refractivity contribution in [2.24, 2.45) is 10.4 Å². The summed E-state index contributed by atoms with van der Waals surface area (Å²) in [6, 6.07) is 5.12. The minimum atomic E-state index is -0.300. The molecule has 6 nitrogen and oxygen atoms in total. The molecule has 8 heteroatoms. The molecule has 0 fully saturated rings. The normalized spacial score (nSPS) is 13.0. The van der Waals surface area contributed by atoms with E-state index in [1.807, 2.05) is 13.0 Å². The Morgan fingerprint density at radius 1 is 1.32 bits per heavy atom. The molecule has 156 valence electrons. The maximum absolute atomic E-state index is 14.4. The Balaban J connectivity index is 0.00000392. The number of hydrogen-bond acceptors (Lipinski definition) is 3. The van der Waals surface area contributed by atoms with Crippen molar-refractivity contribution in [1.82, 2.24) is 20.2 Å². The van der Waals surface area contributed by atoms with E-state index in [9.17, 15) is 4.39 Å². The molecule has 28 heavy (non-hydrogen) atoms. The molecule has 1 aromatic carbocycles. The fourth-order valence-electron chi connectivity index (χ4n) is 2.70. The number of hydrogen-bond donors (Lipinski definition) is 2. The number of guanidine groups is 1. The van der Waals surface area contributed by atoms with Crippen molar-refractivity contribution in [2.45, 2.75) is 40.3 Å². The van der Waals surface area contributed by atoms with Gasteiger partial charge in [0.1, 0.15) is 5.82 Å². The molecule has 0 aliphatic carbocycles. The minimum Gasteiger partial charge on any atom is -0.379 e. The number of halogens is 2. The van der Waals surface area contributed by atoms with E-state index in [1.54, 1.807) is 36.5 Å². The van der Waals surface area contributed by atoms with Crippen LogP contribution >= 0.6 is 24.0 Å². The maximum atomic E-state index is 14.4. The lowest BCUT2D eigenvalue weighted by atomic mass is 9.89. The summed E-state index contributed by atoms with van der Waals surface area (Å²) in [4.78, 5) is 8.51. The molecule has 0 spiro atoms. The zero-order chi connectivity index (χ0) is 19.9. The summed E-state index contributed by atoms with van der Waals surface area (Å²) in [5.74, 6) is 0.383. The van der Waals surface area contributed by atoms with Gasteiger partial charge in [0.15, 0.2) is 5.96 Å². The van der Waals surface area contributed by atoms with Gasteiger partial charge in [0.2, 0.25) is 0 Å². The van der Waals surface area contributed by atoms with Gasteiger partial charge in [-0.05, 0) is 30.0 Å². The Morgan fingerprint density at radius 2 is 2.07 bits per heavy atom. The smallest absolute Gasteiger partial charge is 0.191 e. The highest BCUT2D eigenvalue weighted by atomic mass is 127. The molecular formula is C20H31FIN5O. The van der Waals surface area contributed by atoms with Crippen LogP contribution < -0.4 is 10.6 Å². The molecule has 1 unspecified atom stereocenters. The van der Waals surface area contributed by atoms with Crippen LogP contribution in [-0.2, 0) is 11.3 Å². The first kappa shape index (κ1) is 24.4. The predicted octanol–water partition coefficient (Wildman–Crippen LogP) is 3.75. The lowest BCUT2D eigenvalue weighted by Gasteiger charge is -2.30. The highest BCUT2D eigenvalue weighted by Crippen LogP contribution is 2.21. The van der Waals surface area contributed by atoms with Gasteiger partial charge in [0.05, 0.1) is 24.7 Å². The summed E-state index contributed by atoms with van der Waals surface area (Å²) in [6.45, 7) is 10.2. The molecule has 0 radical (unpaired) electrons. The van der Waals surface area contributed by atoms with Crippen molar-refractivity contribution in [3.05, 3.63) is 48.3 Å². The van der Waals surface area contributed by atoms with E-state index in [4.69, 9.17) is 4.74 Å². The highest BCUT2D eigenvalue weighted by Gasteiger charge is 2.24. The molecule has 2 rings (SSSR count). The Hall–Kier alpha value is -1.68. The van der Waals surface area contributed by atoms with Gasteiger partial charge in [0.25, 0.3) is 0 Å². The zero-order valence-corrected chi connectivity index (χ0v) is 19.5. The second-order valence-electron chi connectivity index (χ2n) is 7.42. The number of benzene rings is 1. The molecule has 2 N–H and O–H groups in total. The SMILES string of the molecule is CCNC(=NCc1ccc(-n2ccnc2)c(F)c1)NCC(OC)C(C)(C)C.I.